The molecule has 102 valence electrons. The molecule has 0 atom stereocenters. The first-order chi connectivity index (χ1) is 8.51. The van der Waals surface area contributed by atoms with E-state index in [0.29, 0.717) is 31.3 Å². The molecule has 1 rings (SSSR count). The first kappa shape index (κ1) is 14.5. The van der Waals surface area contributed by atoms with Crippen molar-refractivity contribution in [1.82, 2.24) is 10.1 Å². The molecule has 6 heteroatoms. The third-order valence-corrected chi connectivity index (χ3v) is 3.10. The summed E-state index contributed by atoms with van der Waals surface area (Å²) >= 11 is 0. The molecule has 0 saturated heterocycles. The molecule has 18 heavy (non-hydrogen) atoms. The number of esters is 1. The van der Waals surface area contributed by atoms with Crippen LogP contribution in [-0.4, -0.2) is 36.8 Å². The van der Waals surface area contributed by atoms with Crippen LogP contribution in [0.25, 0.3) is 0 Å². The molecule has 0 spiro atoms. The minimum Gasteiger partial charge on any atom is -0.465 e. The van der Waals surface area contributed by atoms with Crippen molar-refractivity contribution in [1.29, 1.82) is 0 Å². The van der Waals surface area contributed by atoms with E-state index in [0.717, 1.165) is 0 Å². The predicted molar refractivity (Wildman–Crippen MR) is 67.5 cm³/mol. The summed E-state index contributed by atoms with van der Waals surface area (Å²) in [5.74, 6) is 0.485. The Balaban J connectivity index is 3.13. The van der Waals surface area contributed by atoms with Gasteiger partial charge in [0.25, 0.3) is 5.95 Å². The molecule has 0 unspecified atom stereocenters. The molecule has 0 aromatic carbocycles. The molecule has 0 fully saturated rings. The topological polar surface area (TPSA) is 68.5 Å². The Hall–Kier alpha value is -1.59. The van der Waals surface area contributed by atoms with E-state index in [1.165, 1.54) is 0 Å². The van der Waals surface area contributed by atoms with Crippen LogP contribution >= 0.6 is 0 Å². The SMILES string of the molecule is CCOC(=O)C(CC)(CC)c1nc(N(C)C)no1. The molecular formula is C12H21N3O3. The van der Waals surface area contributed by atoms with Gasteiger partial charge in [0, 0.05) is 14.1 Å². The van der Waals surface area contributed by atoms with E-state index >= 15 is 0 Å². The fourth-order valence-corrected chi connectivity index (χ4v) is 1.79. The van der Waals surface area contributed by atoms with E-state index in [4.69, 9.17) is 9.26 Å². The van der Waals surface area contributed by atoms with E-state index in [2.05, 4.69) is 10.1 Å². The second-order valence-corrected chi connectivity index (χ2v) is 4.30. The van der Waals surface area contributed by atoms with E-state index in [1.54, 1.807) is 11.8 Å². The molecule has 0 saturated carbocycles. The lowest BCUT2D eigenvalue weighted by Crippen LogP contribution is -2.37. The molecule has 0 bridgehead atoms. The highest BCUT2D eigenvalue weighted by Gasteiger charge is 2.44. The maximum absolute atomic E-state index is 12.1. The molecular weight excluding hydrogens is 234 g/mol. The summed E-state index contributed by atoms with van der Waals surface area (Å²) in [6, 6.07) is 0. The zero-order valence-electron chi connectivity index (χ0n) is 11.7. The molecule has 0 aliphatic carbocycles. The van der Waals surface area contributed by atoms with Crippen molar-refractivity contribution in [2.24, 2.45) is 0 Å². The molecule has 0 aliphatic heterocycles. The smallest absolute Gasteiger partial charge is 0.321 e. The lowest BCUT2D eigenvalue weighted by molar-refractivity contribution is -0.151. The summed E-state index contributed by atoms with van der Waals surface area (Å²) in [7, 11) is 3.64. The largest absolute Gasteiger partial charge is 0.465 e. The van der Waals surface area contributed by atoms with Gasteiger partial charge in [-0.3, -0.25) is 4.79 Å². The Kier molecular flexibility index (Phi) is 4.69. The number of hydrogen-bond donors (Lipinski definition) is 0. The quantitative estimate of drug-likeness (QED) is 0.721. The van der Waals surface area contributed by atoms with Gasteiger partial charge in [-0.2, -0.15) is 4.98 Å². The van der Waals surface area contributed by atoms with Crippen LogP contribution in [0.4, 0.5) is 5.95 Å². The fraction of sp³-hybridized carbons (Fsp3) is 0.750. The Labute approximate surface area is 107 Å². The summed E-state index contributed by atoms with van der Waals surface area (Å²) in [6.07, 6.45) is 1.13. The molecule has 0 radical (unpaired) electrons. The van der Waals surface area contributed by atoms with Crippen molar-refractivity contribution >= 4 is 11.9 Å². The lowest BCUT2D eigenvalue weighted by atomic mass is 9.82. The van der Waals surface area contributed by atoms with Crippen LogP contribution in [-0.2, 0) is 14.9 Å². The van der Waals surface area contributed by atoms with Gasteiger partial charge < -0.3 is 14.2 Å². The number of ether oxygens (including phenoxy) is 1. The molecule has 0 aliphatic rings. The zero-order valence-corrected chi connectivity index (χ0v) is 11.7. The van der Waals surface area contributed by atoms with Crippen molar-refractivity contribution < 1.29 is 14.1 Å². The number of carbonyl (C=O) groups is 1. The Morgan fingerprint density at radius 2 is 1.94 bits per heavy atom. The van der Waals surface area contributed by atoms with Crippen molar-refractivity contribution in [3.8, 4) is 0 Å². The van der Waals surface area contributed by atoms with Gasteiger partial charge in [-0.05, 0) is 24.9 Å². The third-order valence-electron chi connectivity index (χ3n) is 3.10. The zero-order chi connectivity index (χ0) is 13.8. The fourth-order valence-electron chi connectivity index (χ4n) is 1.79. The van der Waals surface area contributed by atoms with Crippen molar-refractivity contribution in [3.05, 3.63) is 5.89 Å². The van der Waals surface area contributed by atoms with Gasteiger partial charge in [0.15, 0.2) is 0 Å². The monoisotopic (exact) mass is 255 g/mol. The number of nitrogens with zero attached hydrogens (tertiary/aromatic N) is 3. The van der Waals surface area contributed by atoms with Crippen molar-refractivity contribution in [2.75, 3.05) is 25.6 Å². The van der Waals surface area contributed by atoms with Crippen LogP contribution in [0, 0.1) is 0 Å². The molecule has 1 heterocycles. The van der Waals surface area contributed by atoms with Crippen LogP contribution < -0.4 is 4.90 Å². The van der Waals surface area contributed by atoms with Gasteiger partial charge in [0.2, 0.25) is 5.89 Å². The summed E-state index contributed by atoms with van der Waals surface area (Å²) in [4.78, 5) is 18.1. The summed E-state index contributed by atoms with van der Waals surface area (Å²) < 4.78 is 10.4. The van der Waals surface area contributed by atoms with E-state index < -0.39 is 5.41 Å². The predicted octanol–water partition coefficient (Wildman–Crippen LogP) is 1.76. The van der Waals surface area contributed by atoms with Crippen LogP contribution in [0.1, 0.15) is 39.5 Å². The number of hydrogen-bond acceptors (Lipinski definition) is 6. The van der Waals surface area contributed by atoms with Gasteiger partial charge >= 0.3 is 5.97 Å². The van der Waals surface area contributed by atoms with Crippen LogP contribution in [0.2, 0.25) is 0 Å². The maximum atomic E-state index is 12.1. The van der Waals surface area contributed by atoms with Gasteiger partial charge in [-0.15, -0.1) is 0 Å². The average molecular weight is 255 g/mol. The van der Waals surface area contributed by atoms with Crippen molar-refractivity contribution in [3.63, 3.8) is 0 Å². The molecule has 1 aromatic rings. The Bertz CT molecular complexity index is 397. The van der Waals surface area contributed by atoms with Gasteiger partial charge in [-0.1, -0.05) is 13.8 Å². The normalized spacial score (nSPS) is 11.4. The summed E-state index contributed by atoms with van der Waals surface area (Å²) in [5, 5.41) is 3.85. The third kappa shape index (κ3) is 2.47. The highest BCUT2D eigenvalue weighted by Crippen LogP contribution is 2.32. The first-order valence-electron chi connectivity index (χ1n) is 6.20. The minimum absolute atomic E-state index is 0.302. The number of aromatic nitrogens is 2. The Morgan fingerprint density at radius 1 is 1.33 bits per heavy atom. The molecule has 0 amide bonds. The first-order valence-corrected chi connectivity index (χ1v) is 6.20. The minimum atomic E-state index is -0.836. The van der Waals surface area contributed by atoms with Crippen LogP contribution in [0.5, 0.6) is 0 Å². The van der Waals surface area contributed by atoms with Crippen LogP contribution in [0.3, 0.4) is 0 Å². The van der Waals surface area contributed by atoms with E-state index in [-0.39, 0.29) is 5.97 Å². The van der Waals surface area contributed by atoms with Gasteiger partial charge in [0.1, 0.15) is 5.41 Å². The number of carbonyl (C=O) groups excluding carboxylic acids is 1. The number of anilines is 1. The van der Waals surface area contributed by atoms with Gasteiger partial charge in [0.05, 0.1) is 6.61 Å². The molecule has 1 aromatic heterocycles. The van der Waals surface area contributed by atoms with Crippen molar-refractivity contribution in [2.45, 2.75) is 39.0 Å². The van der Waals surface area contributed by atoms with E-state index in [9.17, 15) is 4.79 Å². The maximum Gasteiger partial charge on any atom is 0.321 e. The highest BCUT2D eigenvalue weighted by atomic mass is 16.5. The molecule has 0 N–H and O–H groups in total. The standard InChI is InChI=1S/C12H21N3O3/c1-6-12(7-2,10(16)17-8-3)9-13-11(14-18-9)15(4)5/h6-8H2,1-5H3. The summed E-state index contributed by atoms with van der Waals surface area (Å²) in [5.41, 5.74) is -0.836. The average Bonchev–Trinajstić information content (AvgIpc) is 2.82. The van der Waals surface area contributed by atoms with Crippen LogP contribution in [0.15, 0.2) is 4.52 Å². The second kappa shape index (κ2) is 5.84. The molecule has 6 nitrogen and oxygen atoms in total. The highest BCUT2D eigenvalue weighted by molar-refractivity contribution is 5.81. The Morgan fingerprint density at radius 3 is 2.33 bits per heavy atom. The number of rotatable bonds is 6. The van der Waals surface area contributed by atoms with Gasteiger partial charge in [-0.25, -0.2) is 0 Å². The van der Waals surface area contributed by atoms with E-state index in [1.807, 2.05) is 27.9 Å². The summed E-state index contributed by atoms with van der Waals surface area (Å²) in [6.45, 7) is 5.96. The second-order valence-electron chi connectivity index (χ2n) is 4.30. The lowest BCUT2D eigenvalue weighted by Gasteiger charge is -2.24.